The molecule has 12 heteroatoms. The number of carbonyl (C=O) groups excluding carboxylic acids is 5. The third-order valence-corrected chi connectivity index (χ3v) is 7.59. The number of aromatic nitrogens is 1. The molecule has 1 aromatic heterocycles. The molecular formula is C27H24N4O7S. The monoisotopic (exact) mass is 548 g/mol. The number of hydrogen-bond acceptors (Lipinski definition) is 9. The maximum absolute atomic E-state index is 13.3. The van der Waals surface area contributed by atoms with Gasteiger partial charge in [-0.1, -0.05) is 48.0 Å². The summed E-state index contributed by atoms with van der Waals surface area (Å²) in [6, 6.07) is 16.5. The third kappa shape index (κ3) is 5.70. The van der Waals surface area contributed by atoms with Crippen molar-refractivity contribution in [2.45, 2.75) is 36.8 Å². The van der Waals surface area contributed by atoms with Gasteiger partial charge in [0.15, 0.2) is 6.61 Å². The normalized spacial score (nSPS) is 19.1. The van der Waals surface area contributed by atoms with Crippen LogP contribution in [0.3, 0.4) is 0 Å². The summed E-state index contributed by atoms with van der Waals surface area (Å²) >= 11 is 1.15. The van der Waals surface area contributed by atoms with Gasteiger partial charge in [-0.05, 0) is 24.6 Å². The van der Waals surface area contributed by atoms with Crippen molar-refractivity contribution < 1.29 is 33.5 Å². The van der Waals surface area contributed by atoms with E-state index in [-0.39, 0.29) is 19.4 Å². The fraction of sp³-hybridized carbons (Fsp3) is 0.259. The van der Waals surface area contributed by atoms with Crippen molar-refractivity contribution in [1.82, 2.24) is 20.5 Å². The van der Waals surface area contributed by atoms with Crippen LogP contribution in [0.25, 0.3) is 10.9 Å². The highest BCUT2D eigenvalue weighted by Crippen LogP contribution is 2.43. The molecule has 4 amide bonds. The van der Waals surface area contributed by atoms with Crippen LogP contribution >= 0.6 is 11.8 Å². The van der Waals surface area contributed by atoms with Gasteiger partial charge in [-0.3, -0.25) is 29.6 Å². The maximum Gasteiger partial charge on any atom is 0.334 e. The third-order valence-electron chi connectivity index (χ3n) is 6.15. The largest absolute Gasteiger partial charge is 0.481 e. The lowest BCUT2D eigenvalue weighted by molar-refractivity contribution is -0.197. The Bertz CT molecular complexity index is 1440. The Kier molecular flexibility index (Phi) is 7.46. The van der Waals surface area contributed by atoms with Gasteiger partial charge in [-0.15, -0.1) is 16.8 Å². The van der Waals surface area contributed by atoms with Gasteiger partial charge in [0.25, 0.3) is 23.6 Å². The number of nitrogens with zero attached hydrogens (tertiary/aromatic N) is 3. The number of benzene rings is 2. The summed E-state index contributed by atoms with van der Waals surface area (Å²) in [5, 5.41) is 0.928. The Hall–Kier alpha value is -4.45. The zero-order valence-corrected chi connectivity index (χ0v) is 21.7. The lowest BCUT2D eigenvalue weighted by Crippen LogP contribution is -2.47. The molecule has 2 atom stereocenters. The van der Waals surface area contributed by atoms with Crippen molar-refractivity contribution in [3.8, 4) is 5.75 Å². The molecule has 0 aliphatic carbocycles. The number of amides is 4. The highest BCUT2D eigenvalue weighted by atomic mass is 32.2. The van der Waals surface area contributed by atoms with Crippen LogP contribution in [0.2, 0.25) is 0 Å². The van der Waals surface area contributed by atoms with E-state index in [1.807, 2.05) is 43.3 Å². The van der Waals surface area contributed by atoms with Gasteiger partial charge in [0.05, 0.1) is 11.7 Å². The molecule has 0 saturated carbocycles. The van der Waals surface area contributed by atoms with Gasteiger partial charge in [0.2, 0.25) is 0 Å². The summed E-state index contributed by atoms with van der Waals surface area (Å²) in [7, 11) is 0. The second-order valence-electron chi connectivity index (χ2n) is 9.00. The fourth-order valence-corrected chi connectivity index (χ4v) is 5.57. The molecule has 0 spiro atoms. The molecule has 11 nitrogen and oxygen atoms in total. The highest BCUT2D eigenvalue weighted by Gasteiger charge is 2.44. The van der Waals surface area contributed by atoms with E-state index >= 15 is 0 Å². The van der Waals surface area contributed by atoms with Crippen molar-refractivity contribution in [2.75, 3.05) is 6.61 Å². The summed E-state index contributed by atoms with van der Waals surface area (Å²) < 4.78 is 5.71. The number of para-hydroxylation sites is 1. The smallest absolute Gasteiger partial charge is 0.334 e. The molecule has 3 aromatic rings. The van der Waals surface area contributed by atoms with Crippen molar-refractivity contribution in [1.29, 1.82) is 0 Å². The first kappa shape index (κ1) is 26.2. The Balaban J connectivity index is 1.28. The molecule has 2 saturated heterocycles. The minimum absolute atomic E-state index is 0.0323. The number of pyridine rings is 1. The van der Waals surface area contributed by atoms with Crippen molar-refractivity contribution in [3.05, 3.63) is 71.9 Å². The van der Waals surface area contributed by atoms with Crippen LogP contribution in [0.15, 0.2) is 60.8 Å². The number of ether oxygens (including phenoxy) is 1. The van der Waals surface area contributed by atoms with Crippen molar-refractivity contribution >= 4 is 52.3 Å². The zero-order valence-electron chi connectivity index (χ0n) is 20.9. The summed E-state index contributed by atoms with van der Waals surface area (Å²) in [4.78, 5) is 71.5. The second-order valence-corrected chi connectivity index (χ2v) is 10.3. The number of hydrazine groups is 1. The fourth-order valence-electron chi connectivity index (χ4n) is 4.20. The van der Waals surface area contributed by atoms with E-state index in [1.165, 1.54) is 5.01 Å². The summed E-state index contributed by atoms with van der Waals surface area (Å²) in [6.07, 6.45) is 1.17. The maximum atomic E-state index is 13.3. The van der Waals surface area contributed by atoms with Gasteiger partial charge in [-0.2, -0.15) is 0 Å². The Morgan fingerprint density at radius 2 is 1.74 bits per heavy atom. The number of aryl methyl sites for hydroxylation is 1. The van der Waals surface area contributed by atoms with Crippen LogP contribution in [0, 0.1) is 6.92 Å². The van der Waals surface area contributed by atoms with Crippen LogP contribution in [-0.4, -0.2) is 56.5 Å². The van der Waals surface area contributed by atoms with E-state index in [1.54, 1.807) is 24.4 Å². The van der Waals surface area contributed by atoms with E-state index in [0.29, 0.717) is 16.3 Å². The molecule has 2 aliphatic heterocycles. The highest BCUT2D eigenvalue weighted by molar-refractivity contribution is 8.01. The minimum Gasteiger partial charge on any atom is -0.481 e. The molecule has 2 aliphatic rings. The van der Waals surface area contributed by atoms with E-state index in [4.69, 9.17) is 9.57 Å². The van der Waals surface area contributed by atoms with Gasteiger partial charge >= 0.3 is 5.97 Å². The van der Waals surface area contributed by atoms with Gasteiger partial charge in [0.1, 0.15) is 16.6 Å². The Morgan fingerprint density at radius 1 is 1.03 bits per heavy atom. The number of rotatable bonds is 8. The van der Waals surface area contributed by atoms with Gasteiger partial charge < -0.3 is 9.57 Å². The van der Waals surface area contributed by atoms with Crippen molar-refractivity contribution in [3.63, 3.8) is 0 Å². The van der Waals surface area contributed by atoms with Crippen LogP contribution in [-0.2, 0) is 28.8 Å². The molecule has 0 radical (unpaired) electrons. The average Bonchev–Trinajstić information content (AvgIpc) is 3.41. The number of thioether (sulfide) groups is 1. The van der Waals surface area contributed by atoms with E-state index in [0.717, 1.165) is 28.3 Å². The minimum atomic E-state index is -0.917. The quantitative estimate of drug-likeness (QED) is 0.421. The van der Waals surface area contributed by atoms with E-state index in [2.05, 4.69) is 10.4 Å². The predicted molar refractivity (Wildman–Crippen MR) is 139 cm³/mol. The number of hydroxylamine groups is 2. The van der Waals surface area contributed by atoms with Crippen LogP contribution in [0.4, 0.5) is 0 Å². The Labute approximate surface area is 227 Å². The first-order valence-electron chi connectivity index (χ1n) is 12.2. The molecule has 5 rings (SSSR count). The average molecular weight is 549 g/mol. The predicted octanol–water partition coefficient (Wildman–Crippen LogP) is 2.59. The van der Waals surface area contributed by atoms with Crippen LogP contribution in [0.5, 0.6) is 5.75 Å². The summed E-state index contributed by atoms with van der Waals surface area (Å²) in [5.74, 6) is -2.79. The topological polar surface area (TPSA) is 135 Å². The standard InChI is InChI=1S/C27H24N4O7S/c1-16-7-9-18(10-8-16)27-30(26(36)20(39-27)14-24(35)38-31-22(33)11-12-23(31)34)29-21(32)15-37-19-6-2-4-17-5-3-13-28-25(17)19/h2-10,13,20,27H,11-12,14-15H2,1H3,(H,29,32). The molecule has 1 N–H and O–H groups in total. The number of hydrogen-bond donors (Lipinski definition) is 1. The molecule has 2 unspecified atom stereocenters. The first-order valence-corrected chi connectivity index (χ1v) is 13.1. The lowest BCUT2D eigenvalue weighted by Gasteiger charge is -2.24. The number of carbonyl (C=O) groups is 5. The lowest BCUT2D eigenvalue weighted by atomic mass is 10.1. The molecule has 2 fully saturated rings. The van der Waals surface area contributed by atoms with E-state index < -0.39 is 46.6 Å². The molecule has 39 heavy (non-hydrogen) atoms. The van der Waals surface area contributed by atoms with Crippen molar-refractivity contribution in [2.24, 2.45) is 0 Å². The van der Waals surface area contributed by atoms with Crippen LogP contribution < -0.4 is 10.2 Å². The summed E-state index contributed by atoms with van der Waals surface area (Å²) in [5.41, 5.74) is 4.96. The molecular weight excluding hydrogens is 524 g/mol. The van der Waals surface area contributed by atoms with Crippen LogP contribution in [0.1, 0.15) is 35.8 Å². The van der Waals surface area contributed by atoms with Gasteiger partial charge in [-0.25, -0.2) is 9.80 Å². The van der Waals surface area contributed by atoms with E-state index in [9.17, 15) is 24.0 Å². The second kappa shape index (κ2) is 11.1. The number of fused-ring (bicyclic) bond motifs is 1. The molecule has 200 valence electrons. The number of imide groups is 1. The summed E-state index contributed by atoms with van der Waals surface area (Å²) in [6.45, 7) is 1.55. The first-order chi connectivity index (χ1) is 18.8. The Morgan fingerprint density at radius 3 is 2.49 bits per heavy atom. The SMILES string of the molecule is Cc1ccc(C2SC(CC(=O)ON3C(=O)CCC3=O)C(=O)N2NC(=O)COc2cccc3cccnc23)cc1. The molecule has 0 bridgehead atoms. The van der Waals surface area contributed by atoms with Gasteiger partial charge in [0, 0.05) is 24.4 Å². The molecule has 2 aromatic carbocycles. The zero-order chi connectivity index (χ0) is 27.5. The molecule has 3 heterocycles. The number of nitrogens with one attached hydrogen (secondary N) is 1.